The Morgan fingerprint density at radius 1 is 1.60 bits per heavy atom. The summed E-state index contributed by atoms with van der Waals surface area (Å²) in [5.74, 6) is 0. The van der Waals surface area contributed by atoms with Crippen molar-refractivity contribution < 1.29 is 29.4 Å². The molecule has 0 rings (SSSR count). The molecule has 0 saturated heterocycles. The van der Waals surface area contributed by atoms with Crippen molar-refractivity contribution in [3.05, 3.63) is 0 Å². The van der Waals surface area contributed by atoms with Gasteiger partial charge in [-0.15, -0.1) is 0 Å². The number of hydrogen-bond acceptors (Lipinski definition) is 2. The second kappa shape index (κ2) is 43.4. The molecule has 0 aliphatic rings. The predicted molar refractivity (Wildman–Crippen MR) is 9.23 cm³/mol. The minimum atomic E-state index is 0. The van der Waals surface area contributed by atoms with Gasteiger partial charge in [0.05, 0.1) is 0 Å². The first kappa shape index (κ1) is 21.0. The quantitative estimate of drug-likeness (QED) is 0.210. The molecule has 0 aliphatic carbocycles. The van der Waals surface area contributed by atoms with Gasteiger partial charge in [-0.3, -0.25) is 0 Å². The Kier molecular flexibility index (Phi) is 183. The fourth-order valence-electron chi connectivity index (χ4n) is 0. The molecule has 0 aromatic carbocycles. The first-order valence-electron chi connectivity index (χ1n) is 0.428. The van der Waals surface area contributed by atoms with E-state index in [2.05, 4.69) is 0 Å². The van der Waals surface area contributed by atoms with Crippen LogP contribution in [0.3, 0.4) is 0 Å². The molecule has 0 saturated carbocycles. The Morgan fingerprint density at radius 3 is 1.60 bits per heavy atom. The monoisotopic (exact) mass is 67.0 g/mol. The van der Waals surface area contributed by atoms with Crippen molar-refractivity contribution in [2.75, 3.05) is 0 Å². The third-order valence-corrected chi connectivity index (χ3v) is 0. The summed E-state index contributed by atoms with van der Waals surface area (Å²) in [5.41, 5.74) is 0. The van der Waals surface area contributed by atoms with Gasteiger partial charge in [0.1, 0.15) is 0 Å². The Morgan fingerprint density at radius 2 is 1.60 bits per heavy atom. The smallest absolute Gasteiger partial charge is 0.812 e. The van der Waals surface area contributed by atoms with Crippen molar-refractivity contribution in [1.82, 2.24) is 0 Å². The van der Waals surface area contributed by atoms with E-state index < -0.39 is 0 Å². The zero-order valence-electron chi connectivity index (χ0n) is 2.86. The molecule has 0 fully saturated rings. The third-order valence-electron chi connectivity index (χ3n) is 0. The van der Waals surface area contributed by atoms with Gasteiger partial charge >= 0.3 is 18.9 Å². The Balaban J connectivity index is -0.0000000200. The minimum Gasteiger partial charge on any atom is -0.812 e. The topological polar surface area (TPSA) is 78.3 Å². The van der Waals surface area contributed by atoms with E-state index in [4.69, 9.17) is 10.4 Å². The summed E-state index contributed by atoms with van der Waals surface area (Å²) >= 11 is 0. The maximum Gasteiger partial charge on any atom is 1.00 e. The number of nitrogens with zero attached hydrogens (tertiary/aromatic N) is 1. The van der Waals surface area contributed by atoms with E-state index in [0.717, 1.165) is 0 Å². The molecule has 5 heavy (non-hydrogen) atoms. The van der Waals surface area contributed by atoms with Crippen LogP contribution < -0.4 is 24.0 Å². The van der Waals surface area contributed by atoms with Crippen LogP contribution in [0.25, 0.3) is 0 Å². The second-order valence-corrected chi connectivity index (χ2v) is 0.0913. The van der Waals surface area contributed by atoms with E-state index in [1.807, 2.05) is 0 Å². The first-order valence-corrected chi connectivity index (χ1v) is 0.428. The summed E-state index contributed by atoms with van der Waals surface area (Å²) < 4.78 is 0. The van der Waals surface area contributed by atoms with Crippen LogP contribution in [0.1, 0.15) is 0 Å². The van der Waals surface area contributed by atoms with Gasteiger partial charge in [0.15, 0.2) is 0 Å². The van der Waals surface area contributed by atoms with E-state index in [9.17, 15) is 0 Å². The standard InChI is InChI=1S/CHNO.Li.H2O/c2-1-3;;/h3H;;1H2/q;+1;/p-1. The molecule has 24 valence electrons. The van der Waals surface area contributed by atoms with Crippen molar-refractivity contribution >= 4 is 0 Å². The van der Waals surface area contributed by atoms with Crippen molar-refractivity contribution in [3.63, 3.8) is 0 Å². The number of rotatable bonds is 0. The summed E-state index contributed by atoms with van der Waals surface area (Å²) in [7, 11) is 0. The van der Waals surface area contributed by atoms with Crippen molar-refractivity contribution in [2.45, 2.75) is 0 Å². The molecular formula is CH2LiNO2. The van der Waals surface area contributed by atoms with Gasteiger partial charge in [-0.05, 0) is 0 Å². The molecule has 0 atom stereocenters. The molecule has 2 N–H and O–H groups in total. The van der Waals surface area contributed by atoms with Crippen LogP contribution in [0.5, 0.6) is 0 Å². The Bertz CT molecular complexity index is 31.1. The van der Waals surface area contributed by atoms with Gasteiger partial charge in [-0.1, -0.05) is 0 Å². The van der Waals surface area contributed by atoms with Crippen LogP contribution >= 0.6 is 0 Å². The predicted octanol–water partition coefficient (Wildman–Crippen LogP) is -4.99. The maximum absolute atomic E-state index is 8.24. The third kappa shape index (κ3) is 564. The molecular weight excluding hydrogens is 65.0 g/mol. The van der Waals surface area contributed by atoms with E-state index in [1.54, 1.807) is 0 Å². The summed E-state index contributed by atoms with van der Waals surface area (Å²) in [6.45, 7) is 0. The molecule has 0 aromatic heterocycles. The van der Waals surface area contributed by atoms with E-state index >= 15 is 0 Å². The molecule has 0 heterocycles. The normalized spacial score (nSPS) is 1.40. The van der Waals surface area contributed by atoms with Gasteiger partial charge in [0.2, 0.25) is 0 Å². The Labute approximate surface area is 41.7 Å². The van der Waals surface area contributed by atoms with Crippen molar-refractivity contribution in [3.8, 4) is 6.26 Å². The molecule has 0 aliphatic heterocycles. The molecule has 0 amide bonds. The van der Waals surface area contributed by atoms with Gasteiger partial charge in [-0.25, -0.2) is 5.26 Å². The zero-order chi connectivity index (χ0) is 2.71. The zero-order valence-corrected chi connectivity index (χ0v) is 2.86. The first-order chi connectivity index (χ1) is 1.41. The average Bonchev–Trinajstić information content (AvgIpc) is 0.918. The summed E-state index contributed by atoms with van der Waals surface area (Å²) in [4.78, 5) is 0. The fraction of sp³-hybridized carbons (Fsp3) is 0. The second-order valence-electron chi connectivity index (χ2n) is 0.0913. The van der Waals surface area contributed by atoms with Crippen LogP contribution in [0.15, 0.2) is 0 Å². The molecule has 4 heteroatoms. The van der Waals surface area contributed by atoms with Gasteiger partial charge in [0, 0.05) is 6.26 Å². The fourth-order valence-corrected chi connectivity index (χ4v) is 0. The van der Waals surface area contributed by atoms with E-state index in [1.165, 1.54) is 0 Å². The van der Waals surface area contributed by atoms with E-state index in [-0.39, 0.29) is 24.3 Å². The summed E-state index contributed by atoms with van der Waals surface area (Å²) in [5, 5.41) is 15.0. The molecule has 0 unspecified atom stereocenters. The summed E-state index contributed by atoms with van der Waals surface area (Å²) in [6.07, 6.45) is 0.500. The van der Waals surface area contributed by atoms with Crippen LogP contribution in [0.4, 0.5) is 0 Å². The van der Waals surface area contributed by atoms with Crippen LogP contribution in [0, 0.1) is 11.5 Å². The molecule has 3 nitrogen and oxygen atoms in total. The van der Waals surface area contributed by atoms with Crippen LogP contribution in [0.2, 0.25) is 0 Å². The average molecular weight is 67.0 g/mol. The molecule has 0 aromatic rings. The van der Waals surface area contributed by atoms with Gasteiger partial charge < -0.3 is 10.6 Å². The SMILES string of the molecule is N#C[O-].O.[Li+]. The van der Waals surface area contributed by atoms with Crippen molar-refractivity contribution in [2.24, 2.45) is 0 Å². The van der Waals surface area contributed by atoms with Gasteiger partial charge in [0.25, 0.3) is 0 Å². The molecule has 0 spiro atoms. The molecule has 0 bridgehead atoms. The van der Waals surface area contributed by atoms with Crippen LogP contribution in [-0.4, -0.2) is 5.48 Å². The number of nitriles is 1. The Hall–Kier alpha value is -0.153. The van der Waals surface area contributed by atoms with Crippen molar-refractivity contribution in [1.29, 1.82) is 5.26 Å². The van der Waals surface area contributed by atoms with E-state index in [0.29, 0.717) is 6.26 Å². The largest absolute Gasteiger partial charge is 1.00 e. The molecule has 0 radical (unpaired) electrons. The number of hydrogen-bond donors (Lipinski definition) is 0. The van der Waals surface area contributed by atoms with Crippen LogP contribution in [-0.2, 0) is 0 Å². The summed E-state index contributed by atoms with van der Waals surface area (Å²) in [6, 6.07) is 0. The van der Waals surface area contributed by atoms with Gasteiger partial charge in [-0.2, -0.15) is 0 Å². The maximum atomic E-state index is 8.24. The minimum absolute atomic E-state index is 0.